The molecule has 0 spiro atoms. The lowest BCUT2D eigenvalue weighted by atomic mass is 10.2. The fourth-order valence-electron chi connectivity index (χ4n) is 1.15. The number of carbonyl (C=O) groups is 1. The van der Waals surface area contributed by atoms with Gasteiger partial charge in [-0.05, 0) is 6.42 Å². The molecule has 0 saturated heterocycles. The predicted molar refractivity (Wildman–Crippen MR) is 50.7 cm³/mol. The van der Waals surface area contributed by atoms with Crippen LogP contribution < -0.4 is 0 Å². The van der Waals surface area contributed by atoms with E-state index in [4.69, 9.17) is 0 Å². The molecule has 13 heavy (non-hydrogen) atoms. The Bertz CT molecular complexity index is 376. The highest BCUT2D eigenvalue weighted by Crippen LogP contribution is 2.07. The molecule has 2 rings (SSSR count). The van der Waals surface area contributed by atoms with E-state index in [0.717, 1.165) is 6.42 Å². The number of carbonyl (C=O) groups excluding carboxylic acids is 1. The number of hydrogen-bond acceptors (Lipinski definition) is 4. The van der Waals surface area contributed by atoms with Crippen LogP contribution in [0.25, 0.3) is 0 Å². The smallest absolute Gasteiger partial charge is 0.265 e. The van der Waals surface area contributed by atoms with E-state index in [2.05, 4.69) is 20.0 Å². The fraction of sp³-hybridized carbons (Fsp3) is 0.375. The van der Waals surface area contributed by atoms with Gasteiger partial charge in [-0.25, -0.2) is 15.0 Å². The number of nitrogens with zero attached hydrogens (tertiary/aromatic N) is 4. The van der Waals surface area contributed by atoms with Gasteiger partial charge >= 0.3 is 5.91 Å². The van der Waals surface area contributed by atoms with Gasteiger partial charge in [0.2, 0.25) is 0 Å². The SMILES string of the molecule is CCCC1=NC(=O)C2=NC=NC2=N1. The first-order valence-corrected chi connectivity index (χ1v) is 4.12. The van der Waals surface area contributed by atoms with E-state index >= 15 is 0 Å². The Morgan fingerprint density at radius 2 is 2.23 bits per heavy atom. The van der Waals surface area contributed by atoms with Gasteiger partial charge in [0.05, 0.1) is 0 Å². The van der Waals surface area contributed by atoms with Crippen LogP contribution in [-0.4, -0.2) is 29.6 Å². The Hall–Kier alpha value is -1.65. The Labute approximate surface area is 75.0 Å². The molecule has 0 aliphatic carbocycles. The molecule has 0 saturated carbocycles. The van der Waals surface area contributed by atoms with Crippen LogP contribution in [0.2, 0.25) is 0 Å². The van der Waals surface area contributed by atoms with Gasteiger partial charge in [-0.3, -0.25) is 4.79 Å². The fourth-order valence-corrected chi connectivity index (χ4v) is 1.15. The zero-order valence-corrected chi connectivity index (χ0v) is 7.19. The van der Waals surface area contributed by atoms with Crippen molar-refractivity contribution in [3.63, 3.8) is 0 Å². The van der Waals surface area contributed by atoms with E-state index in [1.165, 1.54) is 6.34 Å². The molecule has 2 aliphatic heterocycles. The molecule has 0 N–H and O–H groups in total. The lowest BCUT2D eigenvalue weighted by Crippen LogP contribution is -2.25. The lowest BCUT2D eigenvalue weighted by molar-refractivity contribution is -0.111. The third-order valence-corrected chi connectivity index (χ3v) is 1.72. The van der Waals surface area contributed by atoms with Crippen LogP contribution >= 0.6 is 0 Å². The monoisotopic (exact) mass is 176 g/mol. The summed E-state index contributed by atoms with van der Waals surface area (Å²) in [5.41, 5.74) is 0.264. The largest absolute Gasteiger partial charge is 0.301 e. The number of aliphatic imine (C=N–C) groups is 4. The summed E-state index contributed by atoms with van der Waals surface area (Å²) >= 11 is 0. The van der Waals surface area contributed by atoms with Crippen molar-refractivity contribution in [2.75, 3.05) is 0 Å². The molecule has 0 bridgehead atoms. The summed E-state index contributed by atoms with van der Waals surface area (Å²) in [7, 11) is 0. The maximum Gasteiger partial charge on any atom is 0.301 e. The van der Waals surface area contributed by atoms with Crippen LogP contribution in [0.5, 0.6) is 0 Å². The molecule has 5 nitrogen and oxygen atoms in total. The van der Waals surface area contributed by atoms with E-state index in [1.807, 2.05) is 6.92 Å². The molecule has 1 amide bonds. The summed E-state index contributed by atoms with van der Waals surface area (Å²) in [5, 5.41) is 0. The lowest BCUT2D eigenvalue weighted by Gasteiger charge is -2.05. The van der Waals surface area contributed by atoms with Crippen molar-refractivity contribution in [3.05, 3.63) is 0 Å². The zero-order chi connectivity index (χ0) is 9.26. The van der Waals surface area contributed by atoms with Gasteiger partial charge in [-0.1, -0.05) is 6.92 Å². The second-order valence-electron chi connectivity index (χ2n) is 2.74. The van der Waals surface area contributed by atoms with Crippen LogP contribution in [-0.2, 0) is 4.79 Å². The van der Waals surface area contributed by atoms with Crippen LogP contribution in [0.15, 0.2) is 20.0 Å². The summed E-state index contributed by atoms with van der Waals surface area (Å²) in [6.45, 7) is 2.01. The van der Waals surface area contributed by atoms with E-state index < -0.39 is 0 Å². The number of fused-ring (bicyclic) bond motifs is 1. The average Bonchev–Trinajstić information content (AvgIpc) is 2.53. The first-order chi connectivity index (χ1) is 6.31. The van der Waals surface area contributed by atoms with Crippen molar-refractivity contribution in [3.8, 4) is 0 Å². The molecule has 0 aromatic carbocycles. The molecular formula is C8H8N4O. The molecule has 5 heteroatoms. The maximum absolute atomic E-state index is 11.3. The standard InChI is InChI=1S/C8H8N4O/c1-2-3-5-11-7-6(8(13)12-5)9-4-10-7/h4H,2-3H2,1H3. The highest BCUT2D eigenvalue weighted by atomic mass is 16.1. The number of amidine groups is 2. The van der Waals surface area contributed by atoms with Crippen molar-refractivity contribution in [2.24, 2.45) is 20.0 Å². The summed E-state index contributed by atoms with van der Waals surface area (Å²) in [4.78, 5) is 26.8. The second kappa shape index (κ2) is 3.01. The Morgan fingerprint density at radius 3 is 3.00 bits per heavy atom. The van der Waals surface area contributed by atoms with Crippen molar-refractivity contribution in [2.45, 2.75) is 19.8 Å². The average molecular weight is 176 g/mol. The minimum absolute atomic E-state index is 0.264. The highest BCUT2D eigenvalue weighted by Gasteiger charge is 2.25. The third-order valence-electron chi connectivity index (χ3n) is 1.72. The summed E-state index contributed by atoms with van der Waals surface area (Å²) in [5.74, 6) is 0.634. The predicted octanol–water partition coefficient (Wildman–Crippen LogP) is 0.607. The summed E-state index contributed by atoms with van der Waals surface area (Å²) in [6.07, 6.45) is 2.95. The van der Waals surface area contributed by atoms with Crippen molar-refractivity contribution >= 4 is 29.6 Å². The molecule has 0 aromatic heterocycles. The molecule has 0 radical (unpaired) electrons. The van der Waals surface area contributed by atoms with Gasteiger partial charge in [0, 0.05) is 6.42 Å². The van der Waals surface area contributed by atoms with Crippen molar-refractivity contribution in [1.29, 1.82) is 0 Å². The second-order valence-corrected chi connectivity index (χ2v) is 2.74. The molecule has 0 atom stereocenters. The Balaban J connectivity index is 2.32. The number of hydrogen-bond donors (Lipinski definition) is 0. The van der Waals surface area contributed by atoms with Crippen LogP contribution in [0, 0.1) is 0 Å². The van der Waals surface area contributed by atoms with Crippen molar-refractivity contribution in [1.82, 2.24) is 0 Å². The van der Waals surface area contributed by atoms with Gasteiger partial charge in [-0.15, -0.1) is 0 Å². The third kappa shape index (κ3) is 1.32. The van der Waals surface area contributed by atoms with Gasteiger partial charge in [0.25, 0.3) is 0 Å². The number of rotatable bonds is 2. The van der Waals surface area contributed by atoms with Crippen LogP contribution in [0.1, 0.15) is 19.8 Å². The quantitative estimate of drug-likeness (QED) is 0.607. The molecular weight excluding hydrogens is 168 g/mol. The Morgan fingerprint density at radius 1 is 1.38 bits per heavy atom. The Kier molecular flexibility index (Phi) is 1.84. The minimum atomic E-state index is -0.328. The topological polar surface area (TPSA) is 66.5 Å². The van der Waals surface area contributed by atoms with E-state index in [1.54, 1.807) is 0 Å². The maximum atomic E-state index is 11.3. The summed E-state index contributed by atoms with van der Waals surface area (Å²) in [6, 6.07) is 0. The first kappa shape index (κ1) is 7.97. The van der Waals surface area contributed by atoms with E-state index in [-0.39, 0.29) is 11.6 Å². The van der Waals surface area contributed by atoms with E-state index in [9.17, 15) is 4.79 Å². The molecule has 0 fully saturated rings. The van der Waals surface area contributed by atoms with Gasteiger partial charge < -0.3 is 0 Å². The zero-order valence-electron chi connectivity index (χ0n) is 7.19. The van der Waals surface area contributed by atoms with Crippen LogP contribution in [0.4, 0.5) is 0 Å². The van der Waals surface area contributed by atoms with Gasteiger partial charge in [0.1, 0.15) is 12.2 Å². The van der Waals surface area contributed by atoms with Crippen LogP contribution in [0.3, 0.4) is 0 Å². The molecule has 66 valence electrons. The number of amides is 1. The minimum Gasteiger partial charge on any atom is -0.265 e. The highest BCUT2D eigenvalue weighted by molar-refractivity contribution is 6.71. The molecule has 2 heterocycles. The van der Waals surface area contributed by atoms with E-state index in [0.29, 0.717) is 18.1 Å². The normalized spacial score (nSPS) is 19.5. The van der Waals surface area contributed by atoms with Gasteiger partial charge in [-0.2, -0.15) is 4.99 Å². The van der Waals surface area contributed by atoms with Gasteiger partial charge in [0.15, 0.2) is 11.5 Å². The van der Waals surface area contributed by atoms with Crippen molar-refractivity contribution < 1.29 is 4.79 Å². The molecule has 2 aliphatic rings. The summed E-state index contributed by atoms with van der Waals surface area (Å²) < 4.78 is 0. The first-order valence-electron chi connectivity index (χ1n) is 4.12. The molecule has 0 unspecified atom stereocenters. The molecule has 0 aromatic rings.